The Labute approximate surface area is 180 Å². The maximum Gasteiger partial charge on any atom is 0.271 e. The lowest BCUT2D eigenvalue weighted by Crippen LogP contribution is -2.47. The lowest BCUT2D eigenvalue weighted by Gasteiger charge is -2.24. The molecule has 3 aromatic rings. The van der Waals surface area contributed by atoms with Gasteiger partial charge >= 0.3 is 0 Å². The van der Waals surface area contributed by atoms with Crippen molar-refractivity contribution in [3.63, 3.8) is 0 Å². The molecule has 31 heavy (non-hydrogen) atoms. The summed E-state index contributed by atoms with van der Waals surface area (Å²) in [7, 11) is 0. The zero-order chi connectivity index (χ0) is 22.1. The number of hydrogen-bond acceptors (Lipinski definition) is 5. The predicted molar refractivity (Wildman–Crippen MR) is 114 cm³/mol. The maximum atomic E-state index is 13.2. The van der Waals surface area contributed by atoms with Crippen LogP contribution in [0, 0.1) is 12.8 Å². The molecule has 0 aliphatic carbocycles. The molecule has 0 N–H and O–H groups in total. The monoisotopic (exact) mass is 417 g/mol. The van der Waals surface area contributed by atoms with Gasteiger partial charge in [-0.3, -0.25) is 19.3 Å². The highest BCUT2D eigenvalue weighted by molar-refractivity contribution is 6.12. The van der Waals surface area contributed by atoms with Crippen LogP contribution < -0.4 is 4.74 Å². The Hall–Kier alpha value is -3.74. The number of nitrogens with zero attached hydrogens (tertiary/aromatic N) is 3. The van der Waals surface area contributed by atoms with Crippen molar-refractivity contribution in [3.05, 3.63) is 77.6 Å². The number of ketones is 1. The van der Waals surface area contributed by atoms with Gasteiger partial charge in [-0.05, 0) is 37.1 Å². The molecule has 0 fully saturated rings. The van der Waals surface area contributed by atoms with Crippen molar-refractivity contribution in [2.24, 2.45) is 5.92 Å². The Balaban J connectivity index is 1.66. The van der Waals surface area contributed by atoms with Crippen molar-refractivity contribution in [2.75, 3.05) is 6.54 Å². The predicted octanol–water partition coefficient (Wildman–Crippen LogP) is 3.45. The van der Waals surface area contributed by atoms with Crippen molar-refractivity contribution in [1.82, 2.24) is 14.7 Å². The van der Waals surface area contributed by atoms with Gasteiger partial charge in [0.05, 0.1) is 35.2 Å². The summed E-state index contributed by atoms with van der Waals surface area (Å²) in [6.07, 6.45) is 0.621. The molecule has 4 rings (SSSR count). The van der Waals surface area contributed by atoms with Crippen LogP contribution in [0.1, 0.15) is 40.3 Å². The van der Waals surface area contributed by atoms with Gasteiger partial charge in [-0.2, -0.15) is 5.10 Å². The van der Waals surface area contributed by atoms with Crippen molar-refractivity contribution >= 4 is 17.6 Å². The van der Waals surface area contributed by atoms with E-state index in [0.29, 0.717) is 17.0 Å². The number of benzene rings is 2. The Bertz CT molecular complexity index is 1150. The molecule has 0 spiro atoms. The van der Waals surface area contributed by atoms with Gasteiger partial charge in [-0.25, -0.2) is 4.68 Å². The van der Waals surface area contributed by atoms with Gasteiger partial charge in [0.2, 0.25) is 0 Å². The van der Waals surface area contributed by atoms with E-state index in [1.54, 1.807) is 35.9 Å². The molecule has 1 atom stereocenters. The van der Waals surface area contributed by atoms with Crippen LogP contribution >= 0.6 is 0 Å². The minimum absolute atomic E-state index is 0.174. The van der Waals surface area contributed by atoms with E-state index >= 15 is 0 Å². The number of para-hydroxylation sites is 2. The van der Waals surface area contributed by atoms with Crippen molar-refractivity contribution in [2.45, 2.75) is 26.9 Å². The molecule has 1 aliphatic heterocycles. The Kier molecular flexibility index (Phi) is 5.42. The summed E-state index contributed by atoms with van der Waals surface area (Å²) >= 11 is 0. The van der Waals surface area contributed by atoms with E-state index in [1.165, 1.54) is 6.20 Å². The zero-order valence-corrected chi connectivity index (χ0v) is 17.6. The summed E-state index contributed by atoms with van der Waals surface area (Å²) in [6, 6.07) is 16.2. The van der Waals surface area contributed by atoms with Gasteiger partial charge < -0.3 is 4.74 Å². The molecule has 1 aromatic heterocycles. The van der Waals surface area contributed by atoms with E-state index in [1.807, 2.05) is 44.2 Å². The number of imide groups is 1. The van der Waals surface area contributed by atoms with E-state index < -0.39 is 17.9 Å². The Morgan fingerprint density at radius 1 is 1.06 bits per heavy atom. The lowest BCUT2D eigenvalue weighted by atomic mass is 10.1. The van der Waals surface area contributed by atoms with Crippen LogP contribution in [-0.2, 0) is 4.79 Å². The molecule has 0 bridgehead atoms. The number of amides is 2. The fourth-order valence-corrected chi connectivity index (χ4v) is 3.64. The lowest BCUT2D eigenvalue weighted by molar-refractivity contribution is -0.136. The standard InChI is InChI=1S/C24H23N3O4/c1-15(2)22-24(30)26(23(29)18-11-7-8-12-21(18)31-22)14-20(28)19-13-25-27(16(19)3)17-9-5-4-6-10-17/h4-13,15,22H,14H2,1-3H3. The topological polar surface area (TPSA) is 81.5 Å². The summed E-state index contributed by atoms with van der Waals surface area (Å²) in [6.45, 7) is 5.10. The molecule has 7 heteroatoms. The molecule has 0 radical (unpaired) electrons. The zero-order valence-electron chi connectivity index (χ0n) is 17.6. The van der Waals surface area contributed by atoms with Gasteiger partial charge in [0.25, 0.3) is 11.8 Å². The van der Waals surface area contributed by atoms with Crippen LogP contribution in [0.4, 0.5) is 0 Å². The summed E-state index contributed by atoms with van der Waals surface area (Å²) in [5, 5.41) is 4.32. The van der Waals surface area contributed by atoms with E-state index in [9.17, 15) is 14.4 Å². The molecule has 0 saturated heterocycles. The summed E-state index contributed by atoms with van der Waals surface area (Å²) in [4.78, 5) is 40.4. The quantitative estimate of drug-likeness (QED) is 0.469. The second kappa shape index (κ2) is 8.18. The third kappa shape index (κ3) is 3.74. The normalized spacial score (nSPS) is 16.1. The van der Waals surface area contributed by atoms with Gasteiger partial charge in [0.15, 0.2) is 11.9 Å². The van der Waals surface area contributed by atoms with Crippen molar-refractivity contribution in [1.29, 1.82) is 0 Å². The number of ether oxygens (including phenoxy) is 1. The minimum Gasteiger partial charge on any atom is -0.479 e. The molecule has 2 amide bonds. The molecule has 7 nitrogen and oxygen atoms in total. The van der Waals surface area contributed by atoms with Crippen LogP contribution in [0.25, 0.3) is 5.69 Å². The third-order valence-electron chi connectivity index (χ3n) is 5.34. The highest BCUT2D eigenvalue weighted by atomic mass is 16.5. The Morgan fingerprint density at radius 2 is 1.74 bits per heavy atom. The van der Waals surface area contributed by atoms with E-state index in [0.717, 1.165) is 10.6 Å². The third-order valence-corrected chi connectivity index (χ3v) is 5.34. The van der Waals surface area contributed by atoms with E-state index in [2.05, 4.69) is 5.10 Å². The average Bonchev–Trinajstić information content (AvgIpc) is 3.12. The summed E-state index contributed by atoms with van der Waals surface area (Å²) < 4.78 is 7.53. The number of carbonyl (C=O) groups is 3. The number of aromatic nitrogens is 2. The number of fused-ring (bicyclic) bond motifs is 1. The molecule has 158 valence electrons. The van der Waals surface area contributed by atoms with Gasteiger partial charge in [0.1, 0.15) is 5.75 Å². The second-order valence-electron chi connectivity index (χ2n) is 7.82. The minimum atomic E-state index is -0.853. The van der Waals surface area contributed by atoms with E-state index in [4.69, 9.17) is 4.74 Å². The Morgan fingerprint density at radius 3 is 2.45 bits per heavy atom. The molecule has 2 heterocycles. The van der Waals surface area contributed by atoms with Gasteiger partial charge in [-0.15, -0.1) is 0 Å². The molecule has 2 aromatic carbocycles. The van der Waals surface area contributed by atoms with Crippen LogP contribution in [0.15, 0.2) is 60.8 Å². The molecular weight excluding hydrogens is 394 g/mol. The second-order valence-corrected chi connectivity index (χ2v) is 7.82. The van der Waals surface area contributed by atoms with Gasteiger partial charge in [-0.1, -0.05) is 44.2 Å². The first-order valence-electron chi connectivity index (χ1n) is 10.1. The number of rotatable bonds is 5. The number of Topliss-reactive ketones (excluding diaryl/α,β-unsaturated/α-hetero) is 1. The van der Waals surface area contributed by atoms with Crippen LogP contribution in [0.2, 0.25) is 0 Å². The number of carbonyl (C=O) groups excluding carboxylic acids is 3. The first kappa shape index (κ1) is 20.5. The molecule has 0 saturated carbocycles. The number of hydrogen-bond donors (Lipinski definition) is 0. The first-order valence-corrected chi connectivity index (χ1v) is 10.1. The molecule has 1 unspecified atom stereocenters. The first-order chi connectivity index (χ1) is 14.9. The highest BCUT2D eigenvalue weighted by Gasteiger charge is 2.39. The van der Waals surface area contributed by atoms with Crippen LogP contribution in [-0.4, -0.2) is 44.9 Å². The fourth-order valence-electron chi connectivity index (χ4n) is 3.64. The highest BCUT2D eigenvalue weighted by Crippen LogP contribution is 2.28. The van der Waals surface area contributed by atoms with Crippen molar-refractivity contribution in [3.8, 4) is 11.4 Å². The van der Waals surface area contributed by atoms with E-state index in [-0.39, 0.29) is 23.8 Å². The smallest absolute Gasteiger partial charge is 0.271 e. The summed E-state index contributed by atoms with van der Waals surface area (Å²) in [5.74, 6) is -1.24. The van der Waals surface area contributed by atoms with Gasteiger partial charge in [0, 0.05) is 0 Å². The fraction of sp³-hybridized carbons (Fsp3) is 0.250. The average molecular weight is 417 g/mol. The summed E-state index contributed by atoms with van der Waals surface area (Å²) in [5.41, 5.74) is 2.10. The molecular formula is C24H23N3O4. The largest absolute Gasteiger partial charge is 0.479 e. The van der Waals surface area contributed by atoms with Crippen LogP contribution in [0.5, 0.6) is 5.75 Å². The maximum absolute atomic E-state index is 13.2. The van der Waals surface area contributed by atoms with Crippen molar-refractivity contribution < 1.29 is 19.1 Å². The SMILES string of the molecule is Cc1c(C(=O)CN2C(=O)c3ccccc3OC(C(C)C)C2=O)cnn1-c1ccccc1. The molecule has 1 aliphatic rings. The van der Waals surface area contributed by atoms with Crippen LogP contribution in [0.3, 0.4) is 0 Å².